The van der Waals surface area contributed by atoms with Crippen LogP contribution in [0.4, 0.5) is 11.8 Å². The summed E-state index contributed by atoms with van der Waals surface area (Å²) in [5.74, 6) is 0.377. The highest BCUT2D eigenvalue weighted by atomic mass is 16.5. The van der Waals surface area contributed by atoms with Crippen LogP contribution in [0.2, 0.25) is 0 Å². The Morgan fingerprint density at radius 3 is 2.64 bits per heavy atom. The summed E-state index contributed by atoms with van der Waals surface area (Å²) >= 11 is 0. The molecular weight excluding hydrogens is 358 g/mol. The summed E-state index contributed by atoms with van der Waals surface area (Å²) in [7, 11) is 1.76. The third-order valence-corrected chi connectivity index (χ3v) is 5.94. The highest BCUT2D eigenvalue weighted by Gasteiger charge is 2.29. The van der Waals surface area contributed by atoms with Gasteiger partial charge in [-0.15, -0.1) is 0 Å². The molecule has 1 heterocycles. The number of rotatable bonds is 6. The summed E-state index contributed by atoms with van der Waals surface area (Å²) in [5.41, 5.74) is 5.09. The topological polar surface area (TPSA) is 122 Å². The summed E-state index contributed by atoms with van der Waals surface area (Å²) in [6.07, 6.45) is 10.2. The molecule has 2 atom stereocenters. The molecule has 28 heavy (non-hydrogen) atoms. The van der Waals surface area contributed by atoms with Gasteiger partial charge in [0.05, 0.1) is 17.3 Å². The Hall–Kier alpha value is -1.93. The average molecular weight is 392 g/mol. The summed E-state index contributed by atoms with van der Waals surface area (Å²) in [6.45, 7) is 1.87. The van der Waals surface area contributed by atoms with E-state index in [1.54, 1.807) is 7.11 Å². The van der Waals surface area contributed by atoms with Crippen LogP contribution in [-0.4, -0.2) is 51.9 Å². The maximum atomic E-state index is 11.8. The molecular formula is C20H33N5O3. The van der Waals surface area contributed by atoms with Crippen LogP contribution >= 0.6 is 0 Å². The van der Waals surface area contributed by atoms with E-state index in [0.717, 1.165) is 51.4 Å². The van der Waals surface area contributed by atoms with Gasteiger partial charge in [0.2, 0.25) is 5.95 Å². The van der Waals surface area contributed by atoms with Crippen LogP contribution < -0.4 is 16.4 Å². The van der Waals surface area contributed by atoms with E-state index < -0.39 is 11.5 Å². The van der Waals surface area contributed by atoms with Crippen molar-refractivity contribution in [1.82, 2.24) is 9.97 Å². The normalized spacial score (nSPS) is 31.0. The van der Waals surface area contributed by atoms with E-state index in [9.17, 15) is 9.90 Å². The first-order valence-corrected chi connectivity index (χ1v) is 10.3. The Balaban J connectivity index is 1.71. The minimum atomic E-state index is -0.713. The van der Waals surface area contributed by atoms with Crippen molar-refractivity contribution in [2.45, 2.75) is 88.5 Å². The Kier molecular flexibility index (Phi) is 6.72. The number of aliphatic hydroxyl groups is 1. The van der Waals surface area contributed by atoms with Crippen molar-refractivity contribution in [3.8, 4) is 0 Å². The predicted octanol–water partition coefficient (Wildman–Crippen LogP) is 2.44. The van der Waals surface area contributed by atoms with Gasteiger partial charge in [-0.1, -0.05) is 12.8 Å². The van der Waals surface area contributed by atoms with E-state index in [2.05, 4.69) is 20.6 Å². The molecule has 5 N–H and O–H groups in total. The molecule has 0 bridgehead atoms. The minimum Gasteiger partial charge on any atom is -0.390 e. The molecule has 8 heteroatoms. The first-order valence-electron chi connectivity index (χ1n) is 10.3. The smallest absolute Gasteiger partial charge is 0.254 e. The number of ether oxygens (including phenoxy) is 1. The van der Waals surface area contributed by atoms with Crippen molar-refractivity contribution in [2.75, 3.05) is 17.7 Å². The Morgan fingerprint density at radius 2 is 1.96 bits per heavy atom. The molecule has 1 aromatic rings. The summed E-state index contributed by atoms with van der Waals surface area (Å²) in [5, 5.41) is 17.2. The number of nitrogens with zero attached hydrogens (tertiary/aromatic N) is 2. The van der Waals surface area contributed by atoms with E-state index in [1.165, 1.54) is 6.20 Å². The molecule has 0 saturated heterocycles. The van der Waals surface area contributed by atoms with Gasteiger partial charge in [0.15, 0.2) is 0 Å². The van der Waals surface area contributed by atoms with Gasteiger partial charge in [0.1, 0.15) is 5.82 Å². The van der Waals surface area contributed by atoms with Crippen LogP contribution in [0, 0.1) is 0 Å². The lowest BCUT2D eigenvalue weighted by Crippen LogP contribution is -2.33. The molecule has 0 aliphatic heterocycles. The van der Waals surface area contributed by atoms with Crippen molar-refractivity contribution in [3.05, 3.63) is 11.8 Å². The monoisotopic (exact) mass is 391 g/mol. The molecule has 2 fully saturated rings. The zero-order valence-corrected chi connectivity index (χ0v) is 16.9. The Labute approximate surface area is 166 Å². The summed E-state index contributed by atoms with van der Waals surface area (Å²) < 4.78 is 5.42. The van der Waals surface area contributed by atoms with Crippen LogP contribution in [-0.2, 0) is 4.74 Å². The molecule has 1 amide bonds. The fraction of sp³-hybridized carbons (Fsp3) is 0.750. The molecule has 2 saturated carbocycles. The van der Waals surface area contributed by atoms with Crippen molar-refractivity contribution in [3.63, 3.8) is 0 Å². The Morgan fingerprint density at radius 1 is 1.21 bits per heavy atom. The quantitative estimate of drug-likeness (QED) is 0.549. The van der Waals surface area contributed by atoms with Crippen molar-refractivity contribution in [2.24, 2.45) is 5.73 Å². The first-order chi connectivity index (χ1) is 13.4. The molecule has 8 nitrogen and oxygen atoms in total. The second-order valence-corrected chi connectivity index (χ2v) is 8.46. The fourth-order valence-electron chi connectivity index (χ4n) is 4.32. The number of anilines is 2. The zero-order valence-electron chi connectivity index (χ0n) is 16.9. The lowest BCUT2D eigenvalue weighted by molar-refractivity contribution is 0.0420. The molecule has 3 rings (SSSR count). The van der Waals surface area contributed by atoms with Gasteiger partial charge in [-0.05, 0) is 51.9 Å². The van der Waals surface area contributed by atoms with Gasteiger partial charge >= 0.3 is 0 Å². The third kappa shape index (κ3) is 5.54. The van der Waals surface area contributed by atoms with Gasteiger partial charge in [-0.3, -0.25) is 4.79 Å². The number of methoxy groups -OCH3 is 1. The van der Waals surface area contributed by atoms with Crippen molar-refractivity contribution < 1.29 is 14.6 Å². The van der Waals surface area contributed by atoms with Gasteiger partial charge in [0, 0.05) is 25.4 Å². The molecule has 0 radical (unpaired) electrons. The molecule has 1 aromatic heterocycles. The fourth-order valence-corrected chi connectivity index (χ4v) is 4.32. The van der Waals surface area contributed by atoms with Gasteiger partial charge < -0.3 is 26.2 Å². The predicted molar refractivity (Wildman–Crippen MR) is 108 cm³/mol. The van der Waals surface area contributed by atoms with E-state index in [-0.39, 0.29) is 17.6 Å². The van der Waals surface area contributed by atoms with Crippen LogP contribution in [0.15, 0.2) is 6.20 Å². The average Bonchev–Trinajstić information content (AvgIpc) is 2.82. The minimum absolute atomic E-state index is 0.0375. The molecule has 0 spiro atoms. The molecule has 2 aliphatic carbocycles. The largest absolute Gasteiger partial charge is 0.390 e. The molecule has 2 aliphatic rings. The number of amides is 1. The maximum Gasteiger partial charge on any atom is 0.254 e. The number of hydrogen-bond acceptors (Lipinski definition) is 7. The van der Waals surface area contributed by atoms with Gasteiger partial charge in [0.25, 0.3) is 5.91 Å². The number of nitrogens with one attached hydrogen (secondary N) is 2. The van der Waals surface area contributed by atoms with Crippen molar-refractivity contribution >= 4 is 17.7 Å². The van der Waals surface area contributed by atoms with Crippen molar-refractivity contribution in [1.29, 1.82) is 0 Å². The lowest BCUT2D eigenvalue weighted by atomic mass is 9.93. The maximum absolute atomic E-state index is 11.8. The van der Waals surface area contributed by atoms with Crippen LogP contribution in [0.3, 0.4) is 0 Å². The zero-order chi connectivity index (χ0) is 20.1. The number of carbonyl (C=O) groups is 1. The molecule has 2 unspecified atom stereocenters. The lowest BCUT2D eigenvalue weighted by Gasteiger charge is -2.29. The highest BCUT2D eigenvalue weighted by Crippen LogP contribution is 2.29. The van der Waals surface area contributed by atoms with Crippen LogP contribution in [0.1, 0.15) is 75.1 Å². The number of carbonyl (C=O) groups excluding carboxylic acids is 1. The second-order valence-electron chi connectivity index (χ2n) is 8.46. The summed E-state index contributed by atoms with van der Waals surface area (Å²) in [6, 6.07) is 0.327. The van der Waals surface area contributed by atoms with Gasteiger partial charge in [-0.25, -0.2) is 4.98 Å². The number of nitrogens with two attached hydrogens (primary N) is 1. The SMILES string of the molecule is COC1CCC(Nc2ncc(C(N)=O)c(NC3CCCCC(C)(O)C3)n2)CC1. The number of primary amides is 1. The highest BCUT2D eigenvalue weighted by molar-refractivity contribution is 5.97. The number of hydrogen-bond donors (Lipinski definition) is 4. The van der Waals surface area contributed by atoms with Crippen LogP contribution in [0.25, 0.3) is 0 Å². The first kappa shape index (κ1) is 20.8. The summed E-state index contributed by atoms with van der Waals surface area (Å²) in [4.78, 5) is 20.7. The standard InChI is InChI=1S/C20H33N5O3/c1-20(27)10-4-3-5-14(11-20)23-18-16(17(21)26)12-22-19(25-18)24-13-6-8-15(28-2)9-7-13/h12-15,27H,3-11H2,1-2H3,(H2,21,26)(H2,22,23,24,25). The van der Waals surface area contributed by atoms with E-state index >= 15 is 0 Å². The van der Waals surface area contributed by atoms with Crippen LogP contribution in [0.5, 0.6) is 0 Å². The number of aromatic nitrogens is 2. The Bertz CT molecular complexity index is 674. The third-order valence-electron chi connectivity index (χ3n) is 5.94. The van der Waals surface area contributed by atoms with Gasteiger partial charge in [-0.2, -0.15) is 4.98 Å². The van der Waals surface area contributed by atoms with E-state index in [0.29, 0.717) is 24.3 Å². The molecule has 156 valence electrons. The van der Waals surface area contributed by atoms with E-state index in [1.807, 2.05) is 6.92 Å². The second kappa shape index (κ2) is 9.05. The molecule has 0 aromatic carbocycles. The van der Waals surface area contributed by atoms with E-state index in [4.69, 9.17) is 10.5 Å².